The third-order valence-electron chi connectivity index (χ3n) is 3.99. The smallest absolute Gasteiger partial charge is 0.308 e. The van der Waals surface area contributed by atoms with Crippen molar-refractivity contribution in [1.82, 2.24) is 9.78 Å². The summed E-state index contributed by atoms with van der Waals surface area (Å²) in [5.74, 6) is -1.09. The number of carbonyl (C=O) groups excluding carboxylic acids is 2. The van der Waals surface area contributed by atoms with E-state index in [4.69, 9.17) is 10.00 Å². The Kier molecular flexibility index (Phi) is 5.81. The van der Waals surface area contributed by atoms with E-state index in [-0.39, 0.29) is 18.4 Å². The molecule has 0 fully saturated rings. The molecule has 0 saturated heterocycles. The molecule has 0 spiro atoms. The largest absolute Gasteiger partial charge is 0.452 e. The van der Waals surface area contributed by atoms with Gasteiger partial charge in [-0.1, -0.05) is 12.1 Å². The third-order valence-corrected chi connectivity index (χ3v) is 4.82. The maximum absolute atomic E-state index is 12.2. The molecular formula is C19H16N4O4S. The van der Waals surface area contributed by atoms with E-state index < -0.39 is 18.0 Å². The number of ether oxygens (including phenoxy) is 1. The van der Waals surface area contributed by atoms with E-state index in [1.165, 1.54) is 24.5 Å². The number of thiophene rings is 1. The lowest BCUT2D eigenvalue weighted by atomic mass is 10.2. The topological polar surface area (TPSA) is 114 Å². The third kappa shape index (κ3) is 4.24. The lowest BCUT2D eigenvalue weighted by molar-refractivity contribution is -0.153. The molecule has 0 aliphatic carbocycles. The van der Waals surface area contributed by atoms with Crippen molar-refractivity contribution in [1.29, 1.82) is 5.26 Å². The van der Waals surface area contributed by atoms with Crippen LogP contribution in [0.25, 0.3) is 10.9 Å². The number of nitrogens with one attached hydrogen (secondary N) is 1. The van der Waals surface area contributed by atoms with Crippen LogP contribution in [0.5, 0.6) is 0 Å². The van der Waals surface area contributed by atoms with Gasteiger partial charge < -0.3 is 10.1 Å². The van der Waals surface area contributed by atoms with Gasteiger partial charge in [-0.15, -0.1) is 11.3 Å². The number of aromatic nitrogens is 2. The van der Waals surface area contributed by atoms with Gasteiger partial charge in [0.1, 0.15) is 11.1 Å². The Bertz CT molecular complexity index is 1130. The van der Waals surface area contributed by atoms with Crippen molar-refractivity contribution in [2.75, 3.05) is 5.32 Å². The molecule has 0 aliphatic heterocycles. The first kappa shape index (κ1) is 19.3. The zero-order valence-electron chi connectivity index (χ0n) is 14.9. The van der Waals surface area contributed by atoms with Crippen LogP contribution in [0.3, 0.4) is 0 Å². The van der Waals surface area contributed by atoms with E-state index in [2.05, 4.69) is 10.4 Å². The number of carbonyl (C=O) groups is 2. The normalized spacial score (nSPS) is 11.6. The Labute approximate surface area is 164 Å². The number of hydrogen-bond acceptors (Lipinski definition) is 7. The quantitative estimate of drug-likeness (QED) is 0.640. The Morgan fingerprint density at radius 2 is 2.14 bits per heavy atom. The number of hydrogen-bond donors (Lipinski definition) is 1. The molecule has 0 bridgehead atoms. The van der Waals surface area contributed by atoms with Gasteiger partial charge in [-0.3, -0.25) is 19.1 Å². The summed E-state index contributed by atoms with van der Waals surface area (Å²) in [4.78, 5) is 36.1. The van der Waals surface area contributed by atoms with Crippen LogP contribution in [0.1, 0.15) is 18.9 Å². The molecule has 1 aromatic carbocycles. The van der Waals surface area contributed by atoms with Crippen molar-refractivity contribution in [3.05, 3.63) is 57.7 Å². The van der Waals surface area contributed by atoms with Gasteiger partial charge in [0, 0.05) is 5.39 Å². The average Bonchev–Trinajstić information content (AvgIpc) is 3.14. The van der Waals surface area contributed by atoms with E-state index in [1.54, 1.807) is 40.4 Å². The highest BCUT2D eigenvalue weighted by atomic mass is 32.1. The first-order valence-corrected chi connectivity index (χ1v) is 9.30. The van der Waals surface area contributed by atoms with Crippen molar-refractivity contribution < 1.29 is 14.3 Å². The molecule has 28 heavy (non-hydrogen) atoms. The van der Waals surface area contributed by atoms with Gasteiger partial charge in [0.15, 0.2) is 6.10 Å². The fraction of sp³-hybridized carbons (Fsp3) is 0.211. The lowest BCUT2D eigenvalue weighted by Gasteiger charge is -2.14. The zero-order chi connectivity index (χ0) is 20.1. The van der Waals surface area contributed by atoms with Gasteiger partial charge in [-0.2, -0.15) is 10.4 Å². The summed E-state index contributed by atoms with van der Waals surface area (Å²) in [5.41, 5.74) is 0.786. The molecule has 0 aliphatic rings. The predicted octanol–water partition coefficient (Wildman–Crippen LogP) is 2.29. The summed E-state index contributed by atoms with van der Waals surface area (Å²) in [7, 11) is 0. The van der Waals surface area contributed by atoms with Crippen molar-refractivity contribution in [2.24, 2.45) is 0 Å². The molecule has 3 aromatic rings. The number of fused-ring (bicyclic) bond motifs is 1. The second-order valence-corrected chi connectivity index (χ2v) is 6.81. The summed E-state index contributed by atoms with van der Waals surface area (Å²) < 4.78 is 6.71. The molecule has 9 heteroatoms. The molecular weight excluding hydrogens is 380 g/mol. The fourth-order valence-corrected chi connectivity index (χ4v) is 3.29. The maximum Gasteiger partial charge on any atom is 0.308 e. The summed E-state index contributed by atoms with van der Waals surface area (Å²) in [6, 6.07) is 10.6. The van der Waals surface area contributed by atoms with Gasteiger partial charge in [0.2, 0.25) is 5.43 Å². The molecule has 0 radical (unpaired) electrons. The number of rotatable bonds is 6. The Morgan fingerprint density at radius 3 is 2.93 bits per heavy atom. The Morgan fingerprint density at radius 1 is 1.36 bits per heavy atom. The van der Waals surface area contributed by atoms with Crippen molar-refractivity contribution in [3.63, 3.8) is 0 Å². The zero-order valence-corrected chi connectivity index (χ0v) is 15.7. The highest BCUT2D eigenvalue weighted by Gasteiger charge is 2.19. The van der Waals surface area contributed by atoms with Gasteiger partial charge in [-0.05, 0) is 30.5 Å². The van der Waals surface area contributed by atoms with Crippen LogP contribution < -0.4 is 10.7 Å². The maximum atomic E-state index is 12.2. The van der Waals surface area contributed by atoms with E-state index >= 15 is 0 Å². The number of benzene rings is 1. The average molecular weight is 396 g/mol. The molecule has 1 atom stereocenters. The van der Waals surface area contributed by atoms with Crippen molar-refractivity contribution in [2.45, 2.75) is 26.0 Å². The lowest BCUT2D eigenvalue weighted by Crippen LogP contribution is -2.30. The second-order valence-electron chi connectivity index (χ2n) is 5.90. The minimum absolute atomic E-state index is 0.0140. The molecule has 142 valence electrons. The number of para-hydroxylation sites is 1. The van der Waals surface area contributed by atoms with E-state index in [0.29, 0.717) is 21.5 Å². The first-order chi connectivity index (χ1) is 13.5. The molecule has 1 amide bonds. The summed E-state index contributed by atoms with van der Waals surface area (Å²) in [5, 5.41) is 18.2. The molecule has 2 heterocycles. The number of aryl methyl sites for hydroxylation is 1. The minimum atomic E-state index is -1.01. The van der Waals surface area contributed by atoms with Crippen molar-refractivity contribution in [3.8, 4) is 6.07 Å². The van der Waals surface area contributed by atoms with Crippen LogP contribution in [0, 0.1) is 11.3 Å². The van der Waals surface area contributed by atoms with Crippen LogP contribution in [0.15, 0.2) is 46.7 Å². The van der Waals surface area contributed by atoms with Crippen molar-refractivity contribution >= 4 is 39.1 Å². The predicted molar refractivity (Wildman–Crippen MR) is 104 cm³/mol. The minimum Gasteiger partial charge on any atom is -0.452 e. The number of nitrogens with zero attached hydrogens (tertiary/aromatic N) is 3. The standard InChI is InChI=1S/C19H16N4O4S/c1-12(18(26)22-19-13(10-20)7-9-28-19)27-17(25)6-8-23-15-5-3-2-4-14(15)16(24)11-21-23/h2-5,7,9,11-12H,6,8H2,1H3,(H,22,26)/t12-/m1/s1. The molecule has 1 N–H and O–H groups in total. The highest BCUT2D eigenvalue weighted by molar-refractivity contribution is 7.14. The van der Waals surface area contributed by atoms with Crippen LogP contribution in [-0.4, -0.2) is 27.8 Å². The number of nitriles is 1. The summed E-state index contributed by atoms with van der Waals surface area (Å²) in [6.45, 7) is 1.66. The van der Waals surface area contributed by atoms with Gasteiger partial charge >= 0.3 is 5.97 Å². The Hall–Kier alpha value is -3.51. The van der Waals surface area contributed by atoms with Gasteiger partial charge in [-0.25, -0.2) is 0 Å². The molecule has 3 rings (SSSR count). The molecule has 0 saturated carbocycles. The fourth-order valence-electron chi connectivity index (χ4n) is 2.55. The van der Waals surface area contributed by atoms with Crippen LogP contribution in [-0.2, 0) is 20.9 Å². The van der Waals surface area contributed by atoms with E-state index in [1.807, 2.05) is 6.07 Å². The molecule has 8 nitrogen and oxygen atoms in total. The number of esters is 1. The van der Waals surface area contributed by atoms with Crippen LogP contribution in [0.2, 0.25) is 0 Å². The molecule has 0 unspecified atom stereocenters. The van der Waals surface area contributed by atoms with Gasteiger partial charge in [0.25, 0.3) is 5.91 Å². The van der Waals surface area contributed by atoms with Crippen LogP contribution >= 0.6 is 11.3 Å². The highest BCUT2D eigenvalue weighted by Crippen LogP contribution is 2.22. The monoisotopic (exact) mass is 396 g/mol. The van der Waals surface area contributed by atoms with Crippen LogP contribution in [0.4, 0.5) is 5.00 Å². The van der Waals surface area contributed by atoms with Gasteiger partial charge in [0.05, 0.1) is 30.2 Å². The SMILES string of the molecule is C[C@@H](OC(=O)CCn1ncc(=O)c2ccccc21)C(=O)Nc1sccc1C#N. The summed E-state index contributed by atoms with van der Waals surface area (Å²) in [6.07, 6.45) is 0.178. The second kappa shape index (κ2) is 8.45. The first-order valence-electron chi connectivity index (χ1n) is 8.42. The number of anilines is 1. The Balaban J connectivity index is 1.59. The van der Waals surface area contributed by atoms with E-state index in [9.17, 15) is 14.4 Å². The molecule has 2 aromatic heterocycles. The number of amides is 1. The summed E-state index contributed by atoms with van der Waals surface area (Å²) >= 11 is 1.22. The van der Waals surface area contributed by atoms with E-state index in [0.717, 1.165) is 0 Å².